The number of nitrogens with zero attached hydrogens (tertiary/aromatic N) is 2. The number of hydrogen-bond donors (Lipinski definition) is 2. The molecule has 2 bridgehead atoms. The lowest BCUT2D eigenvalue weighted by molar-refractivity contribution is 0.377. The van der Waals surface area contributed by atoms with Gasteiger partial charge in [0.25, 0.3) is 0 Å². The Balaban J connectivity index is 1.65. The third-order valence-corrected chi connectivity index (χ3v) is 3.41. The number of anilines is 1. The first-order valence-electron chi connectivity index (χ1n) is 5.69. The molecule has 0 radical (unpaired) electrons. The molecule has 4 heteroatoms. The van der Waals surface area contributed by atoms with Gasteiger partial charge in [-0.2, -0.15) is 0 Å². The van der Waals surface area contributed by atoms with Gasteiger partial charge >= 0.3 is 0 Å². The van der Waals surface area contributed by atoms with Gasteiger partial charge < -0.3 is 10.6 Å². The van der Waals surface area contributed by atoms with Gasteiger partial charge in [-0.05, 0) is 31.7 Å². The fourth-order valence-electron chi connectivity index (χ4n) is 2.76. The smallest absolute Gasteiger partial charge is 0.129 e. The van der Waals surface area contributed by atoms with Crippen molar-refractivity contribution >= 4 is 5.82 Å². The fourth-order valence-corrected chi connectivity index (χ4v) is 2.76. The first-order valence-corrected chi connectivity index (χ1v) is 5.69. The molecule has 80 valence electrons. The van der Waals surface area contributed by atoms with Crippen LogP contribution in [0.4, 0.5) is 5.82 Å². The predicted molar refractivity (Wildman–Crippen MR) is 58.6 cm³/mol. The van der Waals surface area contributed by atoms with Gasteiger partial charge in [0, 0.05) is 24.3 Å². The summed E-state index contributed by atoms with van der Waals surface area (Å²) in [7, 11) is 0. The van der Waals surface area contributed by atoms with E-state index in [1.165, 1.54) is 25.7 Å². The topological polar surface area (TPSA) is 49.8 Å². The van der Waals surface area contributed by atoms with Crippen molar-refractivity contribution in [1.82, 2.24) is 15.3 Å². The molecule has 2 saturated heterocycles. The molecule has 0 spiro atoms. The summed E-state index contributed by atoms with van der Waals surface area (Å²) in [6.45, 7) is 0. The summed E-state index contributed by atoms with van der Waals surface area (Å²) in [5.41, 5.74) is 0. The van der Waals surface area contributed by atoms with Crippen LogP contribution < -0.4 is 10.6 Å². The van der Waals surface area contributed by atoms with Gasteiger partial charge in [0.15, 0.2) is 0 Å². The maximum absolute atomic E-state index is 4.20. The van der Waals surface area contributed by atoms with Gasteiger partial charge in [0.1, 0.15) is 12.1 Å². The molecule has 0 aromatic carbocycles. The molecule has 1 aromatic rings. The van der Waals surface area contributed by atoms with Crippen molar-refractivity contribution in [1.29, 1.82) is 0 Å². The second-order valence-electron chi connectivity index (χ2n) is 4.55. The molecule has 2 aliphatic heterocycles. The molecular weight excluding hydrogens is 188 g/mol. The molecule has 0 amide bonds. The molecule has 4 nitrogen and oxygen atoms in total. The standard InChI is InChI=1S/C11H16N4/c1-2-9-6-10(5-8(1)14-9)15-11-3-4-12-7-13-11/h3-4,7-10,14H,1-2,5-6H2,(H,12,13,15)/t8-,9+,10?. The van der Waals surface area contributed by atoms with Crippen molar-refractivity contribution in [3.8, 4) is 0 Å². The summed E-state index contributed by atoms with van der Waals surface area (Å²) < 4.78 is 0. The van der Waals surface area contributed by atoms with Gasteiger partial charge in [-0.3, -0.25) is 0 Å². The first kappa shape index (κ1) is 9.09. The lowest BCUT2D eigenvalue weighted by Crippen LogP contribution is -2.43. The van der Waals surface area contributed by atoms with Crippen LogP contribution in [0.25, 0.3) is 0 Å². The zero-order valence-corrected chi connectivity index (χ0v) is 8.69. The lowest BCUT2D eigenvalue weighted by Gasteiger charge is -2.29. The molecule has 3 rings (SSSR count). The van der Waals surface area contributed by atoms with E-state index in [2.05, 4.69) is 20.6 Å². The van der Waals surface area contributed by atoms with E-state index >= 15 is 0 Å². The number of rotatable bonds is 2. The third-order valence-electron chi connectivity index (χ3n) is 3.41. The first-order chi connectivity index (χ1) is 7.40. The van der Waals surface area contributed by atoms with Crippen molar-refractivity contribution in [2.45, 2.75) is 43.8 Å². The monoisotopic (exact) mass is 204 g/mol. The number of nitrogens with one attached hydrogen (secondary N) is 2. The van der Waals surface area contributed by atoms with Gasteiger partial charge in [-0.15, -0.1) is 0 Å². The van der Waals surface area contributed by atoms with Crippen molar-refractivity contribution < 1.29 is 0 Å². The van der Waals surface area contributed by atoms with E-state index in [0.717, 1.165) is 17.9 Å². The molecule has 3 atom stereocenters. The van der Waals surface area contributed by atoms with E-state index in [9.17, 15) is 0 Å². The molecule has 1 unspecified atom stereocenters. The summed E-state index contributed by atoms with van der Waals surface area (Å²) >= 11 is 0. The number of aromatic nitrogens is 2. The summed E-state index contributed by atoms with van der Waals surface area (Å²) in [5, 5.41) is 7.12. The van der Waals surface area contributed by atoms with E-state index in [1.807, 2.05) is 6.07 Å². The molecule has 0 saturated carbocycles. The van der Waals surface area contributed by atoms with E-state index in [4.69, 9.17) is 0 Å². The molecule has 0 aliphatic carbocycles. The second-order valence-corrected chi connectivity index (χ2v) is 4.55. The molecule has 1 aromatic heterocycles. The van der Waals surface area contributed by atoms with Crippen molar-refractivity contribution in [2.24, 2.45) is 0 Å². The largest absolute Gasteiger partial charge is 0.367 e. The highest BCUT2D eigenvalue weighted by atomic mass is 15.1. The minimum atomic E-state index is 0.582. The highest BCUT2D eigenvalue weighted by Crippen LogP contribution is 2.28. The Labute approximate surface area is 89.5 Å². The molecule has 3 heterocycles. The zero-order valence-electron chi connectivity index (χ0n) is 8.69. The van der Waals surface area contributed by atoms with Crippen molar-refractivity contribution in [3.05, 3.63) is 18.6 Å². The SMILES string of the molecule is c1cc(NC2C[C@H]3CC[C@@H](C2)N3)ncn1. The third kappa shape index (κ3) is 1.95. The lowest BCUT2D eigenvalue weighted by atomic mass is 10.00. The van der Waals surface area contributed by atoms with E-state index in [-0.39, 0.29) is 0 Å². The highest BCUT2D eigenvalue weighted by molar-refractivity contribution is 5.33. The van der Waals surface area contributed by atoms with Crippen LogP contribution in [-0.2, 0) is 0 Å². The molecule has 15 heavy (non-hydrogen) atoms. The van der Waals surface area contributed by atoms with Gasteiger partial charge in [0.05, 0.1) is 0 Å². The zero-order chi connectivity index (χ0) is 10.1. The highest BCUT2D eigenvalue weighted by Gasteiger charge is 2.33. The van der Waals surface area contributed by atoms with Crippen molar-refractivity contribution in [2.75, 3.05) is 5.32 Å². The van der Waals surface area contributed by atoms with Crippen LogP contribution in [0.3, 0.4) is 0 Å². The summed E-state index contributed by atoms with van der Waals surface area (Å²) in [4.78, 5) is 8.12. The Morgan fingerprint density at radius 3 is 2.73 bits per heavy atom. The van der Waals surface area contributed by atoms with E-state index < -0.39 is 0 Å². The minimum Gasteiger partial charge on any atom is -0.367 e. The normalized spacial score (nSPS) is 34.0. The Kier molecular flexibility index (Phi) is 2.29. The Morgan fingerprint density at radius 1 is 1.27 bits per heavy atom. The maximum atomic E-state index is 4.20. The van der Waals surface area contributed by atoms with Crippen LogP contribution in [0.2, 0.25) is 0 Å². The summed E-state index contributed by atoms with van der Waals surface area (Å²) in [6, 6.07) is 3.97. The Bertz CT molecular complexity index is 315. The predicted octanol–water partition coefficient (Wildman–Crippen LogP) is 1.17. The quantitative estimate of drug-likeness (QED) is 0.759. The maximum Gasteiger partial charge on any atom is 0.129 e. The van der Waals surface area contributed by atoms with E-state index in [1.54, 1.807) is 12.5 Å². The van der Waals surface area contributed by atoms with Crippen LogP contribution >= 0.6 is 0 Å². The van der Waals surface area contributed by atoms with Crippen molar-refractivity contribution in [3.63, 3.8) is 0 Å². The second kappa shape index (κ2) is 3.77. The summed E-state index contributed by atoms with van der Waals surface area (Å²) in [6.07, 6.45) is 8.50. The average molecular weight is 204 g/mol. The van der Waals surface area contributed by atoms with Gasteiger partial charge in [0.2, 0.25) is 0 Å². The van der Waals surface area contributed by atoms with Crippen LogP contribution in [0.15, 0.2) is 18.6 Å². The Morgan fingerprint density at radius 2 is 2.07 bits per heavy atom. The van der Waals surface area contributed by atoms with Gasteiger partial charge in [-0.25, -0.2) is 9.97 Å². The van der Waals surface area contributed by atoms with Crippen LogP contribution in [0.1, 0.15) is 25.7 Å². The molecular formula is C11H16N4. The average Bonchev–Trinajstić information content (AvgIpc) is 2.60. The minimum absolute atomic E-state index is 0.582. The number of hydrogen-bond acceptors (Lipinski definition) is 4. The van der Waals surface area contributed by atoms with Gasteiger partial charge in [-0.1, -0.05) is 0 Å². The van der Waals surface area contributed by atoms with Crippen LogP contribution in [0.5, 0.6) is 0 Å². The van der Waals surface area contributed by atoms with Crippen LogP contribution in [0, 0.1) is 0 Å². The van der Waals surface area contributed by atoms with Crippen LogP contribution in [-0.4, -0.2) is 28.1 Å². The Hall–Kier alpha value is -1.16. The molecule has 2 aliphatic rings. The molecule has 2 fully saturated rings. The molecule has 2 N–H and O–H groups in total. The number of fused-ring (bicyclic) bond motifs is 2. The number of piperidine rings is 1. The summed E-state index contributed by atoms with van der Waals surface area (Å²) in [5.74, 6) is 0.955. The fraction of sp³-hybridized carbons (Fsp3) is 0.636. The van der Waals surface area contributed by atoms with E-state index in [0.29, 0.717) is 6.04 Å².